The van der Waals surface area contributed by atoms with Crippen LogP contribution < -0.4 is 14.8 Å². The van der Waals surface area contributed by atoms with Gasteiger partial charge in [-0.3, -0.25) is 10.1 Å². The molecule has 2 aromatic rings. The number of nitro groups is 1. The first-order valence-corrected chi connectivity index (χ1v) is 7.29. The Balaban J connectivity index is 2.02. The van der Waals surface area contributed by atoms with Gasteiger partial charge in [0, 0.05) is 6.54 Å². The van der Waals surface area contributed by atoms with Gasteiger partial charge in [0.2, 0.25) is 0 Å². The molecule has 0 heterocycles. The van der Waals surface area contributed by atoms with Crippen molar-refractivity contribution in [2.45, 2.75) is 13.0 Å². The maximum atomic E-state index is 11.0. The molecule has 0 saturated heterocycles. The maximum Gasteiger partial charge on any atom is 0.314 e. The molecule has 0 aliphatic carbocycles. The second kappa shape index (κ2) is 8.14. The van der Waals surface area contributed by atoms with Crippen LogP contribution in [-0.4, -0.2) is 25.7 Å². The molecule has 0 fully saturated rings. The first-order chi connectivity index (χ1) is 11.2. The zero-order valence-corrected chi connectivity index (χ0v) is 13.2. The lowest BCUT2D eigenvalue weighted by atomic mass is 10.1. The van der Waals surface area contributed by atoms with Crippen molar-refractivity contribution in [3.8, 4) is 11.5 Å². The van der Waals surface area contributed by atoms with E-state index in [1.54, 1.807) is 6.07 Å². The van der Waals surface area contributed by atoms with Gasteiger partial charge >= 0.3 is 5.69 Å². The molecule has 0 spiro atoms. The molecule has 0 saturated carbocycles. The van der Waals surface area contributed by atoms with Gasteiger partial charge < -0.3 is 14.8 Å². The number of hydrogen-bond donors (Lipinski definition) is 1. The number of nitrogens with zero attached hydrogens (tertiary/aromatic N) is 1. The average Bonchev–Trinajstić information content (AvgIpc) is 2.58. The molecule has 0 unspecified atom stereocenters. The third-order valence-corrected chi connectivity index (χ3v) is 3.52. The molecule has 2 rings (SSSR count). The van der Waals surface area contributed by atoms with Crippen molar-refractivity contribution in [2.75, 3.05) is 20.8 Å². The molecule has 122 valence electrons. The van der Waals surface area contributed by atoms with Crippen LogP contribution in [-0.2, 0) is 13.0 Å². The van der Waals surface area contributed by atoms with Crippen LogP contribution in [0, 0.1) is 10.1 Å². The van der Waals surface area contributed by atoms with Crippen molar-refractivity contribution in [1.82, 2.24) is 5.32 Å². The van der Waals surface area contributed by atoms with E-state index >= 15 is 0 Å². The zero-order valence-electron chi connectivity index (χ0n) is 13.2. The molecular formula is C17H20N2O4. The lowest BCUT2D eigenvalue weighted by Crippen LogP contribution is -2.17. The summed E-state index contributed by atoms with van der Waals surface area (Å²) in [6.07, 6.45) is 0.685. The molecule has 0 atom stereocenters. The third kappa shape index (κ3) is 4.43. The van der Waals surface area contributed by atoms with Crippen molar-refractivity contribution < 1.29 is 14.4 Å². The summed E-state index contributed by atoms with van der Waals surface area (Å²) in [5.74, 6) is 0.743. The predicted molar refractivity (Wildman–Crippen MR) is 88.1 cm³/mol. The fraction of sp³-hybridized carbons (Fsp3) is 0.294. The molecule has 23 heavy (non-hydrogen) atoms. The number of rotatable bonds is 8. The lowest BCUT2D eigenvalue weighted by molar-refractivity contribution is -0.385. The summed E-state index contributed by atoms with van der Waals surface area (Å²) in [4.78, 5) is 10.6. The van der Waals surface area contributed by atoms with Gasteiger partial charge in [0.05, 0.1) is 25.2 Å². The topological polar surface area (TPSA) is 73.6 Å². The van der Waals surface area contributed by atoms with Crippen molar-refractivity contribution in [2.24, 2.45) is 0 Å². The minimum absolute atomic E-state index is 0.0923. The molecular weight excluding hydrogens is 296 g/mol. The van der Waals surface area contributed by atoms with E-state index in [0.717, 1.165) is 18.7 Å². The molecule has 1 N–H and O–H groups in total. The quantitative estimate of drug-likeness (QED) is 0.460. The lowest BCUT2D eigenvalue weighted by Gasteiger charge is -2.11. The maximum absolute atomic E-state index is 11.0. The van der Waals surface area contributed by atoms with Crippen LogP contribution in [0.15, 0.2) is 42.5 Å². The number of methoxy groups -OCH3 is 2. The van der Waals surface area contributed by atoms with Gasteiger partial charge in [0.1, 0.15) is 5.75 Å². The highest BCUT2D eigenvalue weighted by atomic mass is 16.6. The molecule has 0 aliphatic heterocycles. The van der Waals surface area contributed by atoms with Gasteiger partial charge in [0.15, 0.2) is 5.75 Å². The standard InChI is InChI=1S/C17H20N2O4/c1-22-16-11-15(19(20)21)17(23-2)10-14(16)8-9-18-12-13-6-4-3-5-7-13/h3-7,10-11,18H,8-9,12H2,1-2H3. The van der Waals surface area contributed by atoms with Crippen LogP contribution in [0.2, 0.25) is 0 Å². The SMILES string of the molecule is COc1cc([N+](=O)[O-])c(OC)cc1CCNCc1ccccc1. The van der Waals surface area contributed by atoms with E-state index in [9.17, 15) is 10.1 Å². The highest BCUT2D eigenvalue weighted by Crippen LogP contribution is 2.34. The summed E-state index contributed by atoms with van der Waals surface area (Å²) < 4.78 is 10.4. The van der Waals surface area contributed by atoms with Gasteiger partial charge in [-0.05, 0) is 30.2 Å². The van der Waals surface area contributed by atoms with Crippen LogP contribution in [0.25, 0.3) is 0 Å². The minimum atomic E-state index is -0.473. The Kier molecular flexibility index (Phi) is 5.94. The van der Waals surface area contributed by atoms with E-state index in [1.807, 2.05) is 18.2 Å². The highest BCUT2D eigenvalue weighted by molar-refractivity contribution is 5.55. The summed E-state index contributed by atoms with van der Waals surface area (Å²) in [6.45, 7) is 1.50. The van der Waals surface area contributed by atoms with Crippen LogP contribution in [0.5, 0.6) is 11.5 Å². The Morgan fingerprint density at radius 3 is 2.39 bits per heavy atom. The second-order valence-electron chi connectivity index (χ2n) is 5.01. The first kappa shape index (κ1) is 16.8. The number of nitrogens with one attached hydrogen (secondary N) is 1. The van der Waals surface area contributed by atoms with Crippen molar-refractivity contribution in [3.63, 3.8) is 0 Å². The molecule has 0 radical (unpaired) electrons. The van der Waals surface area contributed by atoms with E-state index in [0.29, 0.717) is 12.2 Å². The molecule has 6 heteroatoms. The Bertz CT molecular complexity index is 659. The van der Waals surface area contributed by atoms with Gasteiger partial charge in [0.25, 0.3) is 0 Å². The van der Waals surface area contributed by atoms with E-state index in [1.165, 1.54) is 25.8 Å². The Morgan fingerprint density at radius 1 is 1.09 bits per heavy atom. The van der Waals surface area contributed by atoms with Crippen LogP contribution in [0.3, 0.4) is 0 Å². The summed E-state index contributed by atoms with van der Waals surface area (Å²) in [5, 5.41) is 14.4. The number of hydrogen-bond acceptors (Lipinski definition) is 5. The zero-order chi connectivity index (χ0) is 16.7. The van der Waals surface area contributed by atoms with Gasteiger partial charge in [-0.25, -0.2) is 0 Å². The van der Waals surface area contributed by atoms with E-state index in [4.69, 9.17) is 9.47 Å². The van der Waals surface area contributed by atoms with Crippen molar-refractivity contribution in [1.29, 1.82) is 0 Å². The molecule has 0 amide bonds. The fourth-order valence-corrected chi connectivity index (χ4v) is 2.33. The summed E-state index contributed by atoms with van der Waals surface area (Å²) in [7, 11) is 2.93. The summed E-state index contributed by atoms with van der Waals surface area (Å²) in [6, 6.07) is 13.2. The van der Waals surface area contributed by atoms with Gasteiger partial charge in [-0.15, -0.1) is 0 Å². The van der Waals surface area contributed by atoms with E-state index < -0.39 is 4.92 Å². The number of ether oxygens (including phenoxy) is 2. The molecule has 0 aromatic heterocycles. The third-order valence-electron chi connectivity index (χ3n) is 3.52. The monoisotopic (exact) mass is 316 g/mol. The van der Waals surface area contributed by atoms with Crippen LogP contribution >= 0.6 is 0 Å². The summed E-state index contributed by atoms with van der Waals surface area (Å²) >= 11 is 0. The second-order valence-corrected chi connectivity index (χ2v) is 5.01. The molecule has 2 aromatic carbocycles. The van der Waals surface area contributed by atoms with Crippen LogP contribution in [0.4, 0.5) is 5.69 Å². The summed E-state index contributed by atoms with van der Waals surface area (Å²) in [5.41, 5.74) is 1.99. The van der Waals surface area contributed by atoms with E-state index in [2.05, 4.69) is 17.4 Å². The number of benzene rings is 2. The van der Waals surface area contributed by atoms with Crippen LogP contribution in [0.1, 0.15) is 11.1 Å². The molecule has 0 bridgehead atoms. The minimum Gasteiger partial charge on any atom is -0.496 e. The van der Waals surface area contributed by atoms with Gasteiger partial charge in [-0.1, -0.05) is 30.3 Å². The Hall–Kier alpha value is -2.60. The molecule has 6 nitrogen and oxygen atoms in total. The largest absolute Gasteiger partial charge is 0.496 e. The van der Waals surface area contributed by atoms with Gasteiger partial charge in [-0.2, -0.15) is 0 Å². The average molecular weight is 316 g/mol. The van der Waals surface area contributed by atoms with E-state index in [-0.39, 0.29) is 11.4 Å². The molecule has 0 aliphatic rings. The Morgan fingerprint density at radius 2 is 1.78 bits per heavy atom. The smallest absolute Gasteiger partial charge is 0.314 e. The predicted octanol–water partition coefficient (Wildman–Crippen LogP) is 2.94. The fourth-order valence-electron chi connectivity index (χ4n) is 2.33. The Labute approximate surface area is 135 Å². The number of nitro benzene ring substituents is 1. The first-order valence-electron chi connectivity index (χ1n) is 7.29. The van der Waals surface area contributed by atoms with Crippen molar-refractivity contribution in [3.05, 3.63) is 63.7 Å². The highest BCUT2D eigenvalue weighted by Gasteiger charge is 2.19. The normalized spacial score (nSPS) is 10.3. The van der Waals surface area contributed by atoms with Crippen molar-refractivity contribution >= 4 is 5.69 Å².